The van der Waals surface area contributed by atoms with Gasteiger partial charge in [-0.15, -0.1) is 0 Å². The van der Waals surface area contributed by atoms with E-state index < -0.39 is 0 Å². The molecule has 19 heavy (non-hydrogen) atoms. The lowest BCUT2D eigenvalue weighted by Crippen LogP contribution is -2.16. The van der Waals surface area contributed by atoms with Crippen LogP contribution < -0.4 is 11.1 Å². The Morgan fingerprint density at radius 3 is 2.95 bits per heavy atom. The third-order valence-electron chi connectivity index (χ3n) is 2.73. The average molecular weight is 265 g/mol. The van der Waals surface area contributed by atoms with E-state index in [-0.39, 0.29) is 17.8 Å². The molecule has 0 saturated carbocycles. The standard InChI is InChI=1S/C13H19N3O3/c1-9(19-2)6-7-12(17)15-11-5-3-4-10(8-11)13(14)16-18/h3-5,8-9,18H,6-7H2,1-2H3,(H2,14,16)(H,15,17). The Hall–Kier alpha value is -2.08. The number of hydrogen-bond acceptors (Lipinski definition) is 4. The molecule has 1 aromatic carbocycles. The van der Waals surface area contributed by atoms with Crippen molar-refractivity contribution in [2.75, 3.05) is 12.4 Å². The SMILES string of the molecule is COC(C)CCC(=O)Nc1cccc(/C(N)=N/O)c1. The third-order valence-corrected chi connectivity index (χ3v) is 2.73. The first kappa shape index (κ1) is 15.0. The molecule has 0 fully saturated rings. The first-order valence-electron chi connectivity index (χ1n) is 5.97. The molecular formula is C13H19N3O3. The van der Waals surface area contributed by atoms with E-state index in [4.69, 9.17) is 15.7 Å². The number of carbonyl (C=O) groups excluding carboxylic acids is 1. The van der Waals surface area contributed by atoms with E-state index in [1.165, 1.54) is 0 Å². The molecule has 0 spiro atoms. The molecule has 6 nitrogen and oxygen atoms in total. The van der Waals surface area contributed by atoms with Crippen LogP contribution in [0.1, 0.15) is 25.3 Å². The second-order valence-electron chi connectivity index (χ2n) is 4.20. The Bertz CT molecular complexity index is 460. The highest BCUT2D eigenvalue weighted by molar-refractivity contribution is 5.99. The molecule has 0 bridgehead atoms. The monoisotopic (exact) mass is 265 g/mol. The summed E-state index contributed by atoms with van der Waals surface area (Å²) in [5.41, 5.74) is 6.64. The number of carbonyl (C=O) groups is 1. The number of anilines is 1. The predicted molar refractivity (Wildman–Crippen MR) is 73.3 cm³/mol. The van der Waals surface area contributed by atoms with Gasteiger partial charge in [-0.25, -0.2) is 0 Å². The lowest BCUT2D eigenvalue weighted by atomic mass is 10.1. The molecule has 1 amide bonds. The van der Waals surface area contributed by atoms with E-state index in [0.717, 1.165) is 0 Å². The number of ether oxygens (including phenoxy) is 1. The van der Waals surface area contributed by atoms with Gasteiger partial charge in [-0.3, -0.25) is 4.79 Å². The molecule has 1 rings (SSSR count). The summed E-state index contributed by atoms with van der Waals surface area (Å²) in [5, 5.41) is 14.3. The zero-order chi connectivity index (χ0) is 14.3. The van der Waals surface area contributed by atoms with Crippen molar-refractivity contribution in [3.8, 4) is 0 Å². The zero-order valence-electron chi connectivity index (χ0n) is 11.1. The van der Waals surface area contributed by atoms with E-state index in [1.807, 2.05) is 6.92 Å². The fraction of sp³-hybridized carbons (Fsp3) is 0.385. The van der Waals surface area contributed by atoms with Gasteiger partial charge >= 0.3 is 0 Å². The fourth-order valence-corrected chi connectivity index (χ4v) is 1.49. The minimum absolute atomic E-state index is 0.00380. The van der Waals surface area contributed by atoms with Gasteiger partial charge in [0.15, 0.2) is 5.84 Å². The van der Waals surface area contributed by atoms with Crippen LogP contribution in [0, 0.1) is 0 Å². The quantitative estimate of drug-likeness (QED) is 0.314. The second-order valence-corrected chi connectivity index (χ2v) is 4.20. The summed E-state index contributed by atoms with van der Waals surface area (Å²) >= 11 is 0. The van der Waals surface area contributed by atoms with Gasteiger partial charge in [0.25, 0.3) is 0 Å². The average Bonchev–Trinajstić information content (AvgIpc) is 2.44. The summed E-state index contributed by atoms with van der Waals surface area (Å²) in [6.07, 6.45) is 1.08. The van der Waals surface area contributed by atoms with Crippen LogP contribution in [-0.4, -0.2) is 30.2 Å². The maximum Gasteiger partial charge on any atom is 0.224 e. The lowest BCUT2D eigenvalue weighted by molar-refractivity contribution is -0.116. The first-order valence-corrected chi connectivity index (χ1v) is 5.97. The van der Waals surface area contributed by atoms with Crippen molar-refractivity contribution in [1.29, 1.82) is 0 Å². The minimum atomic E-state index is -0.0967. The van der Waals surface area contributed by atoms with E-state index >= 15 is 0 Å². The molecule has 4 N–H and O–H groups in total. The summed E-state index contributed by atoms with van der Waals surface area (Å²) in [6, 6.07) is 6.80. The molecule has 6 heteroatoms. The summed E-state index contributed by atoms with van der Waals surface area (Å²) in [5.74, 6) is -0.0929. The normalized spacial score (nSPS) is 13.1. The number of nitrogens with two attached hydrogens (primary N) is 1. The van der Waals surface area contributed by atoms with Crippen LogP contribution in [0.25, 0.3) is 0 Å². The summed E-state index contributed by atoms with van der Waals surface area (Å²) < 4.78 is 5.08. The number of amidine groups is 1. The topological polar surface area (TPSA) is 96.9 Å². The summed E-state index contributed by atoms with van der Waals surface area (Å²) in [6.45, 7) is 1.91. The molecule has 1 unspecified atom stereocenters. The molecule has 0 radical (unpaired) electrons. The van der Waals surface area contributed by atoms with Crippen molar-refractivity contribution in [1.82, 2.24) is 0 Å². The van der Waals surface area contributed by atoms with Crippen LogP contribution >= 0.6 is 0 Å². The Labute approximate surface area is 112 Å². The molecule has 0 aliphatic carbocycles. The molecule has 0 aromatic heterocycles. The maximum absolute atomic E-state index is 11.7. The number of nitrogens with zero attached hydrogens (tertiary/aromatic N) is 1. The van der Waals surface area contributed by atoms with E-state index in [2.05, 4.69) is 10.5 Å². The number of methoxy groups -OCH3 is 1. The van der Waals surface area contributed by atoms with E-state index in [0.29, 0.717) is 24.1 Å². The van der Waals surface area contributed by atoms with Gasteiger partial charge in [-0.05, 0) is 25.5 Å². The highest BCUT2D eigenvalue weighted by Gasteiger charge is 2.07. The van der Waals surface area contributed by atoms with Crippen LogP contribution in [0.5, 0.6) is 0 Å². The van der Waals surface area contributed by atoms with Crippen molar-refractivity contribution in [3.63, 3.8) is 0 Å². The third kappa shape index (κ3) is 4.97. The van der Waals surface area contributed by atoms with Gasteiger partial charge < -0.3 is 21.0 Å². The van der Waals surface area contributed by atoms with Crippen LogP contribution in [0.2, 0.25) is 0 Å². The molecule has 1 atom stereocenters. The molecule has 0 aliphatic heterocycles. The highest BCUT2D eigenvalue weighted by atomic mass is 16.5. The second kappa shape index (κ2) is 7.38. The Morgan fingerprint density at radius 1 is 1.58 bits per heavy atom. The molecule has 104 valence electrons. The summed E-state index contributed by atoms with van der Waals surface area (Å²) in [7, 11) is 1.61. The van der Waals surface area contributed by atoms with Gasteiger partial charge in [0, 0.05) is 24.8 Å². The number of nitrogens with one attached hydrogen (secondary N) is 1. The largest absolute Gasteiger partial charge is 0.409 e. The van der Waals surface area contributed by atoms with Crippen molar-refractivity contribution >= 4 is 17.4 Å². The fourth-order valence-electron chi connectivity index (χ4n) is 1.49. The molecule has 0 saturated heterocycles. The van der Waals surface area contributed by atoms with Crippen LogP contribution in [-0.2, 0) is 9.53 Å². The first-order chi connectivity index (χ1) is 9.06. The van der Waals surface area contributed by atoms with Crippen molar-refractivity contribution in [2.45, 2.75) is 25.9 Å². The van der Waals surface area contributed by atoms with Gasteiger partial charge in [0.05, 0.1) is 6.10 Å². The molecule has 0 heterocycles. The van der Waals surface area contributed by atoms with Crippen molar-refractivity contribution in [2.24, 2.45) is 10.9 Å². The van der Waals surface area contributed by atoms with Crippen molar-refractivity contribution < 1.29 is 14.7 Å². The van der Waals surface area contributed by atoms with E-state index in [1.54, 1.807) is 31.4 Å². The van der Waals surface area contributed by atoms with Crippen LogP contribution in [0.15, 0.2) is 29.4 Å². The number of amides is 1. The Morgan fingerprint density at radius 2 is 2.32 bits per heavy atom. The smallest absolute Gasteiger partial charge is 0.224 e. The minimum Gasteiger partial charge on any atom is -0.409 e. The molecule has 0 aliphatic rings. The van der Waals surface area contributed by atoms with Gasteiger partial charge in [0.1, 0.15) is 0 Å². The van der Waals surface area contributed by atoms with Gasteiger partial charge in [-0.2, -0.15) is 0 Å². The summed E-state index contributed by atoms with van der Waals surface area (Å²) in [4.78, 5) is 11.7. The lowest BCUT2D eigenvalue weighted by Gasteiger charge is -2.10. The number of rotatable bonds is 6. The maximum atomic E-state index is 11.7. The van der Waals surface area contributed by atoms with Crippen LogP contribution in [0.4, 0.5) is 5.69 Å². The number of oxime groups is 1. The van der Waals surface area contributed by atoms with Gasteiger partial charge in [-0.1, -0.05) is 17.3 Å². The Balaban J connectivity index is 2.60. The van der Waals surface area contributed by atoms with Crippen LogP contribution in [0.3, 0.4) is 0 Å². The number of benzene rings is 1. The highest BCUT2D eigenvalue weighted by Crippen LogP contribution is 2.11. The predicted octanol–water partition coefficient (Wildman–Crippen LogP) is 1.53. The zero-order valence-corrected chi connectivity index (χ0v) is 11.1. The van der Waals surface area contributed by atoms with Gasteiger partial charge in [0.2, 0.25) is 5.91 Å². The molecular weight excluding hydrogens is 246 g/mol. The van der Waals surface area contributed by atoms with E-state index in [9.17, 15) is 4.79 Å². The molecule has 1 aromatic rings. The number of hydrogen-bond donors (Lipinski definition) is 3. The van der Waals surface area contributed by atoms with Crippen molar-refractivity contribution in [3.05, 3.63) is 29.8 Å². The Kier molecular flexibility index (Phi) is 5.81.